The van der Waals surface area contributed by atoms with E-state index in [1.54, 1.807) is 36.0 Å². The van der Waals surface area contributed by atoms with Crippen LogP contribution in [0.2, 0.25) is 0 Å². The highest BCUT2D eigenvalue weighted by Crippen LogP contribution is 2.17. The summed E-state index contributed by atoms with van der Waals surface area (Å²) in [5.74, 6) is 2.93. The summed E-state index contributed by atoms with van der Waals surface area (Å²) in [6.45, 7) is 0.138. The van der Waals surface area contributed by atoms with E-state index in [9.17, 15) is 9.59 Å². The molecule has 1 aromatic carbocycles. The van der Waals surface area contributed by atoms with E-state index in [0.29, 0.717) is 17.7 Å². The Morgan fingerprint density at radius 2 is 2.14 bits per heavy atom. The van der Waals surface area contributed by atoms with Crippen LogP contribution in [0.15, 0.2) is 24.3 Å². The number of rotatable bonds is 8. The van der Waals surface area contributed by atoms with Crippen LogP contribution in [0.5, 0.6) is 5.75 Å². The van der Waals surface area contributed by atoms with Crippen LogP contribution in [0.25, 0.3) is 0 Å². The van der Waals surface area contributed by atoms with Gasteiger partial charge in [-0.25, -0.2) is 0 Å². The van der Waals surface area contributed by atoms with Crippen molar-refractivity contribution in [1.29, 1.82) is 0 Å². The predicted octanol–water partition coefficient (Wildman–Crippen LogP) is 1.30. The number of carbonyl (C=O) groups excluding carboxylic acids is 2. The zero-order chi connectivity index (χ0) is 16.4. The molecule has 2 amide bonds. The lowest BCUT2D eigenvalue weighted by molar-refractivity contribution is -0.122. The fraction of sp³-hybridized carbons (Fsp3) is 0.375. The maximum absolute atomic E-state index is 12.4. The number of benzene rings is 1. The lowest BCUT2D eigenvalue weighted by Crippen LogP contribution is -2.47. The second-order valence-electron chi connectivity index (χ2n) is 4.43. The molecule has 2 N–H and O–H groups in total. The normalized spacial score (nSPS) is 11.1. The number of amides is 2. The number of hydrogen-bond acceptors (Lipinski definition) is 4. The predicted molar refractivity (Wildman–Crippen MR) is 89.1 cm³/mol. The summed E-state index contributed by atoms with van der Waals surface area (Å²) < 4.78 is 5.16. The minimum atomic E-state index is -0.627. The van der Waals surface area contributed by atoms with Crippen LogP contribution in [-0.2, 0) is 4.79 Å². The molecule has 22 heavy (non-hydrogen) atoms. The van der Waals surface area contributed by atoms with E-state index in [-0.39, 0.29) is 18.4 Å². The average Bonchev–Trinajstić information content (AvgIpc) is 2.55. The Labute approximate surface area is 135 Å². The molecule has 1 rings (SSSR count). The van der Waals surface area contributed by atoms with Crippen molar-refractivity contribution in [2.24, 2.45) is 0 Å². The van der Waals surface area contributed by atoms with Crippen molar-refractivity contribution in [3.8, 4) is 18.1 Å². The monoisotopic (exact) mass is 320 g/mol. The maximum atomic E-state index is 12.4. The second-order valence-corrected chi connectivity index (χ2v) is 5.42. The zero-order valence-corrected chi connectivity index (χ0v) is 13.5. The van der Waals surface area contributed by atoms with Crippen molar-refractivity contribution in [3.05, 3.63) is 29.8 Å². The number of thioether (sulfide) groups is 1. The molecule has 0 spiro atoms. The third-order valence-corrected chi connectivity index (χ3v) is 3.59. The van der Waals surface area contributed by atoms with Crippen LogP contribution in [0.4, 0.5) is 0 Å². The molecule has 0 aliphatic carbocycles. The lowest BCUT2D eigenvalue weighted by atomic mass is 10.1. The minimum absolute atomic E-state index is 0.138. The van der Waals surface area contributed by atoms with E-state index in [1.807, 2.05) is 6.26 Å². The lowest BCUT2D eigenvalue weighted by Gasteiger charge is -2.18. The van der Waals surface area contributed by atoms with E-state index >= 15 is 0 Å². The highest BCUT2D eigenvalue weighted by molar-refractivity contribution is 7.98. The Hall–Kier alpha value is -2.13. The summed E-state index contributed by atoms with van der Waals surface area (Å²) in [5, 5.41) is 5.34. The highest BCUT2D eigenvalue weighted by atomic mass is 32.2. The molecule has 0 unspecified atom stereocenters. The quantitative estimate of drug-likeness (QED) is 0.709. The number of carbonyl (C=O) groups is 2. The molecule has 0 heterocycles. The molecular formula is C16H20N2O3S. The van der Waals surface area contributed by atoms with Gasteiger partial charge in [0, 0.05) is 0 Å². The largest absolute Gasteiger partial charge is 0.496 e. The number of ether oxygens (including phenoxy) is 1. The number of methoxy groups -OCH3 is 1. The molecule has 0 radical (unpaired) electrons. The van der Waals surface area contributed by atoms with Crippen LogP contribution in [0.1, 0.15) is 16.8 Å². The SMILES string of the molecule is C#CCNC(=O)[C@@H](CCSC)NC(=O)c1ccccc1OC. The van der Waals surface area contributed by atoms with Crippen LogP contribution in [0.3, 0.4) is 0 Å². The van der Waals surface area contributed by atoms with E-state index in [1.165, 1.54) is 7.11 Å². The Bertz CT molecular complexity index is 555. The van der Waals surface area contributed by atoms with Gasteiger partial charge in [-0.1, -0.05) is 18.1 Å². The smallest absolute Gasteiger partial charge is 0.255 e. The minimum Gasteiger partial charge on any atom is -0.496 e. The fourth-order valence-electron chi connectivity index (χ4n) is 1.83. The van der Waals surface area contributed by atoms with Gasteiger partial charge in [0.15, 0.2) is 0 Å². The second kappa shape index (κ2) is 9.74. The summed E-state index contributed by atoms with van der Waals surface area (Å²) in [6.07, 6.45) is 7.60. The first-order valence-electron chi connectivity index (χ1n) is 6.78. The Morgan fingerprint density at radius 3 is 2.77 bits per heavy atom. The van der Waals surface area contributed by atoms with Crippen molar-refractivity contribution in [2.45, 2.75) is 12.5 Å². The summed E-state index contributed by atoms with van der Waals surface area (Å²) in [7, 11) is 1.50. The molecular weight excluding hydrogens is 300 g/mol. The number of hydrogen-bond donors (Lipinski definition) is 2. The van der Waals surface area contributed by atoms with Gasteiger partial charge in [-0.3, -0.25) is 9.59 Å². The molecule has 0 saturated heterocycles. The van der Waals surface area contributed by atoms with E-state index in [0.717, 1.165) is 5.75 Å². The number of para-hydroxylation sites is 1. The number of terminal acetylenes is 1. The van der Waals surface area contributed by atoms with E-state index < -0.39 is 6.04 Å². The van der Waals surface area contributed by atoms with Gasteiger partial charge in [0.25, 0.3) is 5.91 Å². The summed E-state index contributed by atoms with van der Waals surface area (Å²) in [6, 6.07) is 6.24. The summed E-state index contributed by atoms with van der Waals surface area (Å²) in [5.41, 5.74) is 0.393. The maximum Gasteiger partial charge on any atom is 0.255 e. The first-order chi connectivity index (χ1) is 10.6. The van der Waals surface area contributed by atoms with Gasteiger partial charge in [0.2, 0.25) is 5.91 Å². The molecule has 0 aliphatic rings. The van der Waals surface area contributed by atoms with Gasteiger partial charge in [-0.05, 0) is 30.6 Å². The summed E-state index contributed by atoms with van der Waals surface area (Å²) in [4.78, 5) is 24.4. The van der Waals surface area contributed by atoms with Gasteiger partial charge in [0.05, 0.1) is 19.2 Å². The molecule has 1 atom stereocenters. The molecule has 0 aliphatic heterocycles. The van der Waals surface area contributed by atoms with Crippen molar-refractivity contribution in [1.82, 2.24) is 10.6 Å². The Morgan fingerprint density at radius 1 is 1.41 bits per heavy atom. The number of nitrogens with one attached hydrogen (secondary N) is 2. The fourth-order valence-corrected chi connectivity index (χ4v) is 2.31. The molecule has 0 aromatic heterocycles. The zero-order valence-electron chi connectivity index (χ0n) is 12.7. The third kappa shape index (κ3) is 5.34. The standard InChI is InChI=1S/C16H20N2O3S/c1-4-10-17-16(20)13(9-11-22-3)18-15(19)12-7-5-6-8-14(12)21-2/h1,5-8,13H,9-11H2,2-3H3,(H,17,20)(H,18,19)/t13-/m1/s1. The summed E-state index contributed by atoms with van der Waals surface area (Å²) >= 11 is 1.61. The van der Waals surface area contributed by atoms with Crippen molar-refractivity contribution < 1.29 is 14.3 Å². The van der Waals surface area contributed by atoms with E-state index in [2.05, 4.69) is 16.6 Å². The van der Waals surface area contributed by atoms with E-state index in [4.69, 9.17) is 11.2 Å². The molecule has 5 nitrogen and oxygen atoms in total. The van der Waals surface area contributed by atoms with Crippen molar-refractivity contribution in [3.63, 3.8) is 0 Å². The molecule has 0 fully saturated rings. The molecule has 0 saturated carbocycles. The molecule has 6 heteroatoms. The van der Waals surface area contributed by atoms with Gasteiger partial charge in [-0.15, -0.1) is 6.42 Å². The third-order valence-electron chi connectivity index (χ3n) is 2.95. The van der Waals surface area contributed by atoms with Crippen LogP contribution < -0.4 is 15.4 Å². The van der Waals surface area contributed by atoms with Gasteiger partial charge >= 0.3 is 0 Å². The van der Waals surface area contributed by atoms with Crippen molar-refractivity contribution >= 4 is 23.6 Å². The Balaban J connectivity index is 2.81. The first kappa shape index (κ1) is 17.9. The van der Waals surface area contributed by atoms with Crippen molar-refractivity contribution in [2.75, 3.05) is 25.7 Å². The van der Waals surface area contributed by atoms with Crippen LogP contribution in [-0.4, -0.2) is 43.5 Å². The molecule has 1 aromatic rings. The van der Waals surface area contributed by atoms with Crippen LogP contribution >= 0.6 is 11.8 Å². The highest BCUT2D eigenvalue weighted by Gasteiger charge is 2.22. The van der Waals surface area contributed by atoms with Crippen LogP contribution in [0, 0.1) is 12.3 Å². The average molecular weight is 320 g/mol. The van der Waals surface area contributed by atoms with Gasteiger partial charge in [0.1, 0.15) is 11.8 Å². The Kier molecular flexibility index (Phi) is 7.94. The topological polar surface area (TPSA) is 67.4 Å². The van der Waals surface area contributed by atoms with Gasteiger partial charge < -0.3 is 15.4 Å². The molecule has 118 valence electrons. The molecule has 0 bridgehead atoms. The first-order valence-corrected chi connectivity index (χ1v) is 8.17. The van der Waals surface area contributed by atoms with Gasteiger partial charge in [-0.2, -0.15) is 11.8 Å².